The van der Waals surface area contributed by atoms with Gasteiger partial charge in [-0.1, -0.05) is 18.2 Å². The Bertz CT molecular complexity index is 811. The molecule has 5 nitrogen and oxygen atoms in total. The lowest BCUT2D eigenvalue weighted by molar-refractivity contribution is 0.852. The van der Waals surface area contributed by atoms with E-state index in [9.17, 15) is 0 Å². The maximum Gasteiger partial charge on any atom is 0.243 e. The lowest BCUT2D eigenvalue weighted by Crippen LogP contribution is -2.07. The molecule has 1 aromatic carbocycles. The Labute approximate surface area is 122 Å². The topological polar surface area (TPSA) is 66.0 Å². The zero-order chi connectivity index (χ0) is 14.8. The molecule has 104 valence electrons. The molecule has 3 aromatic rings. The Balaban J connectivity index is 1.83. The first kappa shape index (κ1) is 13.1. The van der Waals surface area contributed by atoms with Gasteiger partial charge >= 0.3 is 0 Å². The molecule has 0 amide bonds. The van der Waals surface area contributed by atoms with Crippen molar-refractivity contribution in [3.05, 3.63) is 59.3 Å². The molecule has 3 rings (SSSR count). The third-order valence-electron chi connectivity index (χ3n) is 3.44. The van der Waals surface area contributed by atoms with Crippen molar-refractivity contribution in [2.45, 2.75) is 19.9 Å². The Kier molecular flexibility index (Phi) is 3.28. The highest BCUT2D eigenvalue weighted by molar-refractivity contribution is 5.50. The van der Waals surface area contributed by atoms with Crippen molar-refractivity contribution in [1.82, 2.24) is 14.6 Å². The van der Waals surface area contributed by atoms with Crippen LogP contribution in [0.15, 0.2) is 42.6 Å². The number of fused-ring (bicyclic) bond motifs is 1. The van der Waals surface area contributed by atoms with Crippen molar-refractivity contribution in [1.29, 1.82) is 5.26 Å². The van der Waals surface area contributed by atoms with E-state index < -0.39 is 0 Å². The average Bonchev–Trinajstić information content (AvgIpc) is 2.91. The Morgan fingerprint density at radius 2 is 2.00 bits per heavy atom. The van der Waals surface area contributed by atoms with E-state index in [4.69, 9.17) is 5.26 Å². The maximum absolute atomic E-state index is 8.82. The van der Waals surface area contributed by atoms with Gasteiger partial charge in [0.1, 0.15) is 0 Å². The standard InChI is InChI=1S/C16H15N5/c1-11-4-3-9-21-15(11)19-16(20-21)18-12(2)14-7-5-13(10-17)6-8-14/h3-9,12H,1-2H3,(H,18,20). The molecule has 0 saturated carbocycles. The number of benzene rings is 1. The molecule has 0 aliphatic carbocycles. The van der Waals surface area contributed by atoms with Crippen molar-refractivity contribution in [2.24, 2.45) is 0 Å². The zero-order valence-electron chi connectivity index (χ0n) is 11.9. The number of pyridine rings is 1. The monoisotopic (exact) mass is 277 g/mol. The summed E-state index contributed by atoms with van der Waals surface area (Å²) >= 11 is 0. The van der Waals surface area contributed by atoms with Crippen LogP contribution in [0.1, 0.15) is 29.7 Å². The molecule has 0 spiro atoms. The van der Waals surface area contributed by atoms with E-state index in [-0.39, 0.29) is 6.04 Å². The molecule has 0 fully saturated rings. The molecule has 0 saturated heterocycles. The molecule has 2 aromatic heterocycles. The van der Waals surface area contributed by atoms with Gasteiger partial charge in [-0.3, -0.25) is 0 Å². The van der Waals surface area contributed by atoms with E-state index in [1.165, 1.54) is 0 Å². The van der Waals surface area contributed by atoms with Crippen LogP contribution in [0.2, 0.25) is 0 Å². The molecule has 2 heterocycles. The average molecular weight is 277 g/mol. The van der Waals surface area contributed by atoms with Crippen molar-refractivity contribution in [3.8, 4) is 6.07 Å². The van der Waals surface area contributed by atoms with Crippen LogP contribution < -0.4 is 5.32 Å². The summed E-state index contributed by atoms with van der Waals surface area (Å²) in [5.74, 6) is 0.598. The van der Waals surface area contributed by atoms with Crippen LogP contribution in [0.5, 0.6) is 0 Å². The minimum absolute atomic E-state index is 0.0652. The highest BCUT2D eigenvalue weighted by Crippen LogP contribution is 2.18. The van der Waals surface area contributed by atoms with Gasteiger partial charge < -0.3 is 5.32 Å². The highest BCUT2D eigenvalue weighted by Gasteiger charge is 2.10. The smallest absolute Gasteiger partial charge is 0.243 e. The van der Waals surface area contributed by atoms with E-state index in [0.717, 1.165) is 16.8 Å². The number of nitrogens with zero attached hydrogens (tertiary/aromatic N) is 4. The third kappa shape index (κ3) is 2.56. The first-order chi connectivity index (χ1) is 10.2. The fourth-order valence-electron chi connectivity index (χ4n) is 2.22. The van der Waals surface area contributed by atoms with Gasteiger partial charge in [0.2, 0.25) is 5.95 Å². The van der Waals surface area contributed by atoms with E-state index in [1.807, 2.05) is 56.4 Å². The molecule has 0 aliphatic rings. The van der Waals surface area contributed by atoms with Crippen LogP contribution in [0, 0.1) is 18.3 Å². The summed E-state index contributed by atoms with van der Waals surface area (Å²) in [6.07, 6.45) is 1.88. The van der Waals surface area contributed by atoms with Gasteiger partial charge in [-0.25, -0.2) is 4.52 Å². The summed E-state index contributed by atoms with van der Waals surface area (Å²) in [5.41, 5.74) is 3.69. The van der Waals surface area contributed by atoms with Crippen LogP contribution in [-0.4, -0.2) is 14.6 Å². The molecule has 0 aliphatic heterocycles. The predicted molar refractivity (Wildman–Crippen MR) is 80.9 cm³/mol. The second-order valence-electron chi connectivity index (χ2n) is 4.99. The van der Waals surface area contributed by atoms with Crippen molar-refractivity contribution >= 4 is 11.6 Å². The number of aromatic nitrogens is 3. The van der Waals surface area contributed by atoms with E-state index in [0.29, 0.717) is 11.5 Å². The van der Waals surface area contributed by atoms with Gasteiger partial charge in [0.05, 0.1) is 17.7 Å². The Morgan fingerprint density at radius 1 is 1.24 bits per heavy atom. The zero-order valence-corrected chi connectivity index (χ0v) is 11.9. The van der Waals surface area contributed by atoms with Gasteiger partial charge in [0, 0.05) is 6.20 Å². The summed E-state index contributed by atoms with van der Waals surface area (Å²) in [5, 5.41) is 16.5. The SMILES string of the molecule is Cc1cccn2nc(NC(C)c3ccc(C#N)cc3)nc12. The quantitative estimate of drug-likeness (QED) is 0.799. The molecule has 1 atom stereocenters. The fraction of sp³-hybridized carbons (Fsp3) is 0.188. The first-order valence-electron chi connectivity index (χ1n) is 6.76. The second kappa shape index (κ2) is 5.25. The van der Waals surface area contributed by atoms with Crippen molar-refractivity contribution in [3.63, 3.8) is 0 Å². The summed E-state index contributed by atoms with van der Waals surface area (Å²) in [4.78, 5) is 4.50. The van der Waals surface area contributed by atoms with Gasteiger partial charge in [-0.2, -0.15) is 10.2 Å². The van der Waals surface area contributed by atoms with Crippen LogP contribution in [0.25, 0.3) is 5.65 Å². The predicted octanol–water partition coefficient (Wildman–Crippen LogP) is 3.08. The number of anilines is 1. The number of hydrogen-bond donors (Lipinski definition) is 1. The number of rotatable bonds is 3. The van der Waals surface area contributed by atoms with E-state index in [2.05, 4.69) is 21.5 Å². The lowest BCUT2D eigenvalue weighted by atomic mass is 10.1. The van der Waals surface area contributed by atoms with Gasteiger partial charge in [-0.05, 0) is 43.2 Å². The van der Waals surface area contributed by atoms with Crippen molar-refractivity contribution in [2.75, 3.05) is 5.32 Å². The number of nitriles is 1. The van der Waals surface area contributed by atoms with Gasteiger partial charge in [-0.15, -0.1) is 5.10 Å². The molecule has 1 N–H and O–H groups in total. The normalized spacial score (nSPS) is 12.0. The third-order valence-corrected chi connectivity index (χ3v) is 3.44. The molecular weight excluding hydrogens is 262 g/mol. The molecule has 1 unspecified atom stereocenters. The van der Waals surface area contributed by atoms with Gasteiger partial charge in [0.15, 0.2) is 5.65 Å². The van der Waals surface area contributed by atoms with Crippen LogP contribution in [0.4, 0.5) is 5.95 Å². The van der Waals surface area contributed by atoms with E-state index >= 15 is 0 Å². The summed E-state index contributed by atoms with van der Waals surface area (Å²) in [6.45, 7) is 4.05. The molecule has 0 radical (unpaired) electrons. The molecule has 5 heteroatoms. The number of nitrogens with one attached hydrogen (secondary N) is 1. The van der Waals surface area contributed by atoms with Crippen LogP contribution in [0.3, 0.4) is 0 Å². The second-order valence-corrected chi connectivity index (χ2v) is 4.99. The minimum Gasteiger partial charge on any atom is -0.346 e. The minimum atomic E-state index is 0.0652. The van der Waals surface area contributed by atoms with Crippen LogP contribution in [-0.2, 0) is 0 Å². The fourth-order valence-corrected chi connectivity index (χ4v) is 2.22. The van der Waals surface area contributed by atoms with Gasteiger partial charge in [0.25, 0.3) is 0 Å². The van der Waals surface area contributed by atoms with Crippen molar-refractivity contribution < 1.29 is 0 Å². The van der Waals surface area contributed by atoms with Crippen LogP contribution >= 0.6 is 0 Å². The molecular formula is C16H15N5. The number of aryl methyl sites for hydroxylation is 1. The largest absolute Gasteiger partial charge is 0.346 e. The molecule has 0 bridgehead atoms. The highest BCUT2D eigenvalue weighted by atomic mass is 15.3. The summed E-state index contributed by atoms with van der Waals surface area (Å²) in [6, 6.07) is 13.7. The summed E-state index contributed by atoms with van der Waals surface area (Å²) < 4.78 is 1.77. The maximum atomic E-state index is 8.82. The number of hydrogen-bond acceptors (Lipinski definition) is 4. The Hall–Kier alpha value is -2.87. The Morgan fingerprint density at radius 3 is 2.67 bits per heavy atom. The van der Waals surface area contributed by atoms with E-state index in [1.54, 1.807) is 4.52 Å². The lowest BCUT2D eigenvalue weighted by Gasteiger charge is -2.12. The molecule has 21 heavy (non-hydrogen) atoms. The first-order valence-corrected chi connectivity index (χ1v) is 6.76. The summed E-state index contributed by atoms with van der Waals surface area (Å²) in [7, 11) is 0.